The maximum absolute atomic E-state index is 13.0. The van der Waals surface area contributed by atoms with Crippen LogP contribution in [0.4, 0.5) is 5.00 Å². The molecule has 0 spiro atoms. The molecule has 3 atom stereocenters. The number of thiophene rings is 1. The van der Waals surface area contributed by atoms with Crippen LogP contribution >= 0.6 is 11.3 Å². The molecule has 1 heterocycles. The molecule has 1 aromatic heterocycles. The first-order valence-corrected chi connectivity index (χ1v) is 11.8. The van der Waals surface area contributed by atoms with Crippen LogP contribution in [-0.4, -0.2) is 30.1 Å². The molecule has 3 rings (SSSR count). The van der Waals surface area contributed by atoms with E-state index in [0.29, 0.717) is 29.3 Å². The predicted octanol–water partition coefficient (Wildman–Crippen LogP) is 4.91. The molecule has 1 saturated carbocycles. The highest BCUT2D eigenvalue weighted by Crippen LogP contribution is 2.46. The van der Waals surface area contributed by atoms with Crippen LogP contribution in [0, 0.1) is 23.2 Å². The molecule has 1 aromatic rings. The van der Waals surface area contributed by atoms with Gasteiger partial charge >= 0.3 is 11.9 Å². The topological polar surface area (TPSA) is 92.7 Å². The average Bonchev–Trinajstić information content (AvgIpc) is 3.09. The number of carbonyl (C=O) groups is 3. The number of hydrogen-bond acceptors (Lipinski definition) is 5. The number of rotatable bonds is 6. The second-order valence-electron chi connectivity index (χ2n) is 9.31. The first-order chi connectivity index (χ1) is 14.2. The van der Waals surface area contributed by atoms with Gasteiger partial charge in [-0.25, -0.2) is 4.79 Å². The molecule has 30 heavy (non-hydrogen) atoms. The van der Waals surface area contributed by atoms with E-state index in [4.69, 9.17) is 4.74 Å². The second-order valence-corrected chi connectivity index (χ2v) is 10.4. The lowest BCUT2D eigenvalue weighted by Crippen LogP contribution is -2.36. The number of carbonyl (C=O) groups excluding carboxylic acids is 2. The maximum atomic E-state index is 13.0. The number of hydrogen-bond donors (Lipinski definition) is 2. The van der Waals surface area contributed by atoms with Crippen molar-refractivity contribution in [3.63, 3.8) is 0 Å². The Balaban J connectivity index is 1.89. The van der Waals surface area contributed by atoms with Gasteiger partial charge in [0.2, 0.25) is 5.91 Å². The van der Waals surface area contributed by atoms with Gasteiger partial charge in [-0.05, 0) is 49.0 Å². The van der Waals surface area contributed by atoms with Crippen molar-refractivity contribution in [3.8, 4) is 0 Å². The molecule has 0 saturated heterocycles. The number of aliphatic carboxylic acids is 1. The lowest BCUT2D eigenvalue weighted by atomic mass is 9.69. The SMILES string of the molecule is CCC(C)(C)[C@H]1CCc2c(sc(NC(=O)[C@@H]3CCCC[C@@H]3C(=O)O)c2C(=O)OC)C1. The Hall–Kier alpha value is -1.89. The number of nitrogens with one attached hydrogen (secondary N) is 1. The van der Waals surface area contributed by atoms with Gasteiger partial charge < -0.3 is 15.2 Å². The van der Waals surface area contributed by atoms with Gasteiger partial charge in [-0.15, -0.1) is 11.3 Å². The Labute approximate surface area is 182 Å². The molecule has 166 valence electrons. The van der Waals surface area contributed by atoms with Gasteiger partial charge in [0.05, 0.1) is 24.5 Å². The van der Waals surface area contributed by atoms with Gasteiger partial charge in [0.25, 0.3) is 0 Å². The van der Waals surface area contributed by atoms with Gasteiger partial charge in [0, 0.05) is 4.88 Å². The number of carboxylic acids is 1. The third kappa shape index (κ3) is 4.41. The van der Waals surface area contributed by atoms with Gasteiger partial charge in [0.1, 0.15) is 5.00 Å². The number of amides is 1. The van der Waals surface area contributed by atoms with Crippen LogP contribution in [-0.2, 0) is 27.2 Å². The summed E-state index contributed by atoms with van der Waals surface area (Å²) in [6.45, 7) is 6.78. The number of esters is 1. The highest BCUT2D eigenvalue weighted by Gasteiger charge is 2.38. The van der Waals surface area contributed by atoms with Crippen LogP contribution in [0.25, 0.3) is 0 Å². The monoisotopic (exact) mass is 435 g/mol. The predicted molar refractivity (Wildman–Crippen MR) is 117 cm³/mol. The van der Waals surface area contributed by atoms with E-state index >= 15 is 0 Å². The summed E-state index contributed by atoms with van der Waals surface area (Å²) in [6, 6.07) is 0. The lowest BCUT2D eigenvalue weighted by Gasteiger charge is -2.36. The van der Waals surface area contributed by atoms with Gasteiger partial charge in [0.15, 0.2) is 0 Å². The molecule has 1 amide bonds. The zero-order valence-electron chi connectivity index (χ0n) is 18.4. The van der Waals surface area contributed by atoms with E-state index in [2.05, 4.69) is 26.1 Å². The van der Waals surface area contributed by atoms with Crippen LogP contribution < -0.4 is 5.32 Å². The van der Waals surface area contributed by atoms with Crippen LogP contribution in [0.1, 0.15) is 80.1 Å². The smallest absolute Gasteiger partial charge is 0.341 e. The van der Waals surface area contributed by atoms with Gasteiger partial charge in [-0.2, -0.15) is 0 Å². The Morgan fingerprint density at radius 3 is 2.43 bits per heavy atom. The van der Waals surface area contributed by atoms with Crippen molar-refractivity contribution in [1.29, 1.82) is 0 Å². The van der Waals surface area contributed by atoms with Crippen molar-refractivity contribution in [2.45, 2.75) is 72.1 Å². The maximum Gasteiger partial charge on any atom is 0.341 e. The Morgan fingerprint density at radius 1 is 1.17 bits per heavy atom. The van der Waals surface area contributed by atoms with Crippen molar-refractivity contribution in [1.82, 2.24) is 0 Å². The van der Waals surface area contributed by atoms with Crippen LogP contribution in [0.2, 0.25) is 0 Å². The number of carboxylic acid groups (broad SMARTS) is 1. The molecule has 2 aliphatic carbocycles. The molecule has 0 aromatic carbocycles. The number of fused-ring (bicyclic) bond motifs is 1. The van der Waals surface area contributed by atoms with Crippen molar-refractivity contribution in [2.24, 2.45) is 23.2 Å². The fourth-order valence-electron chi connectivity index (χ4n) is 4.89. The summed E-state index contributed by atoms with van der Waals surface area (Å²) < 4.78 is 5.03. The molecule has 0 unspecified atom stereocenters. The highest BCUT2D eigenvalue weighted by molar-refractivity contribution is 7.17. The van der Waals surface area contributed by atoms with E-state index in [9.17, 15) is 19.5 Å². The molecular formula is C23H33NO5S. The van der Waals surface area contributed by atoms with Gasteiger partial charge in [-0.1, -0.05) is 40.0 Å². The summed E-state index contributed by atoms with van der Waals surface area (Å²) in [4.78, 5) is 38.3. The average molecular weight is 436 g/mol. The number of methoxy groups -OCH3 is 1. The molecule has 0 aliphatic heterocycles. The van der Waals surface area contributed by atoms with Crippen molar-refractivity contribution < 1.29 is 24.2 Å². The van der Waals surface area contributed by atoms with E-state index < -0.39 is 23.8 Å². The van der Waals surface area contributed by atoms with E-state index in [1.165, 1.54) is 18.4 Å². The fourth-order valence-corrected chi connectivity index (χ4v) is 6.21. The van der Waals surface area contributed by atoms with Crippen molar-refractivity contribution in [3.05, 3.63) is 16.0 Å². The largest absolute Gasteiger partial charge is 0.481 e. The molecule has 0 radical (unpaired) electrons. The quantitative estimate of drug-likeness (QED) is 0.620. The van der Waals surface area contributed by atoms with E-state index in [0.717, 1.165) is 49.0 Å². The standard InChI is InChI=1S/C23H33NO5S/c1-5-23(2,3)13-10-11-16-17(12-13)30-20(18(16)22(28)29-4)24-19(25)14-8-6-7-9-15(14)21(26)27/h13-15H,5-12H2,1-4H3,(H,24,25)(H,26,27)/t13-,14+,15-/m0/s1. The zero-order valence-corrected chi connectivity index (χ0v) is 19.2. The molecule has 7 heteroatoms. The first kappa shape index (κ1) is 22.8. The zero-order chi connectivity index (χ0) is 22.1. The summed E-state index contributed by atoms with van der Waals surface area (Å²) in [5, 5.41) is 13.0. The van der Waals surface area contributed by atoms with Gasteiger partial charge in [-0.3, -0.25) is 9.59 Å². The minimum atomic E-state index is -0.918. The first-order valence-electron chi connectivity index (χ1n) is 11.0. The molecular weight excluding hydrogens is 402 g/mol. The Kier molecular flexibility index (Phi) is 6.90. The second kappa shape index (κ2) is 9.08. The number of ether oxygens (including phenoxy) is 1. The lowest BCUT2D eigenvalue weighted by molar-refractivity contribution is -0.147. The molecule has 6 nitrogen and oxygen atoms in total. The van der Waals surface area contributed by atoms with E-state index in [-0.39, 0.29) is 11.3 Å². The van der Waals surface area contributed by atoms with Crippen LogP contribution in [0.3, 0.4) is 0 Å². The van der Waals surface area contributed by atoms with Crippen molar-refractivity contribution in [2.75, 3.05) is 12.4 Å². The third-order valence-corrected chi connectivity index (χ3v) is 8.50. The highest BCUT2D eigenvalue weighted by atomic mass is 32.1. The molecule has 2 aliphatic rings. The minimum absolute atomic E-state index is 0.216. The summed E-state index contributed by atoms with van der Waals surface area (Å²) in [6.07, 6.45) is 6.54. The summed E-state index contributed by atoms with van der Waals surface area (Å²) in [5.74, 6) is -2.35. The summed E-state index contributed by atoms with van der Waals surface area (Å²) >= 11 is 1.46. The Bertz CT molecular complexity index is 828. The van der Waals surface area contributed by atoms with Crippen LogP contribution in [0.15, 0.2) is 0 Å². The van der Waals surface area contributed by atoms with Crippen LogP contribution in [0.5, 0.6) is 0 Å². The summed E-state index contributed by atoms with van der Waals surface area (Å²) in [5.41, 5.74) is 1.66. The number of anilines is 1. The minimum Gasteiger partial charge on any atom is -0.481 e. The molecule has 2 N–H and O–H groups in total. The molecule has 1 fully saturated rings. The normalized spacial score (nSPS) is 24.1. The van der Waals surface area contributed by atoms with E-state index in [1.807, 2.05) is 0 Å². The summed E-state index contributed by atoms with van der Waals surface area (Å²) in [7, 11) is 1.35. The van der Waals surface area contributed by atoms with E-state index in [1.54, 1.807) is 0 Å². The van der Waals surface area contributed by atoms with Crippen molar-refractivity contribution >= 4 is 34.2 Å². The fraction of sp³-hybridized carbons (Fsp3) is 0.696. The molecule has 0 bridgehead atoms. The third-order valence-electron chi connectivity index (χ3n) is 7.33. The Morgan fingerprint density at radius 2 is 1.83 bits per heavy atom.